The highest BCUT2D eigenvalue weighted by Crippen LogP contribution is 2.33. The highest BCUT2D eigenvalue weighted by molar-refractivity contribution is 6.31. The molecule has 1 fully saturated rings. The molecule has 0 saturated carbocycles. The quantitative estimate of drug-likeness (QED) is 0.285. The Morgan fingerprint density at radius 1 is 1.18 bits per heavy atom. The SMILES string of the molecule is CN[C@@H](C)C(=O)N[C@H](C(=O)N1CCC[C@H]1C(=O)Cc1cc2c(Nc3ccc(F)c(Cl)c3)ncnc2cc1OC)C(C)(C)C.Cl. The van der Waals surface area contributed by atoms with E-state index in [1.807, 2.05) is 20.8 Å². The van der Waals surface area contributed by atoms with Gasteiger partial charge < -0.3 is 25.6 Å². The summed E-state index contributed by atoms with van der Waals surface area (Å²) >= 11 is 5.95. The second-order valence-corrected chi connectivity index (χ2v) is 12.2. The molecule has 0 radical (unpaired) electrons. The number of nitrogens with one attached hydrogen (secondary N) is 3. The maximum absolute atomic E-state index is 13.8. The Morgan fingerprint density at radius 3 is 2.55 bits per heavy atom. The Morgan fingerprint density at radius 2 is 1.91 bits per heavy atom. The number of carbonyl (C=O) groups is 3. The van der Waals surface area contributed by atoms with E-state index < -0.39 is 29.4 Å². The number of halogens is 3. The van der Waals surface area contributed by atoms with Crippen LogP contribution in [-0.4, -0.2) is 71.3 Å². The van der Waals surface area contributed by atoms with Crippen LogP contribution in [0, 0.1) is 11.2 Å². The number of likely N-dealkylation sites (tertiary alicyclic amines) is 1. The van der Waals surface area contributed by atoms with Crippen LogP contribution in [0.15, 0.2) is 36.7 Å². The lowest BCUT2D eigenvalue weighted by Crippen LogP contribution is -2.58. The summed E-state index contributed by atoms with van der Waals surface area (Å²) in [5.41, 5.74) is 1.15. The van der Waals surface area contributed by atoms with Gasteiger partial charge in [-0.05, 0) is 56.5 Å². The summed E-state index contributed by atoms with van der Waals surface area (Å²) in [5.74, 6) is -0.304. The van der Waals surface area contributed by atoms with E-state index in [-0.39, 0.29) is 41.4 Å². The fraction of sp³-hybridized carbons (Fsp3) is 0.452. The molecule has 3 N–H and O–H groups in total. The number of amides is 2. The number of rotatable bonds is 10. The van der Waals surface area contributed by atoms with Crippen LogP contribution in [0.2, 0.25) is 5.02 Å². The van der Waals surface area contributed by atoms with E-state index in [2.05, 4.69) is 25.9 Å². The third-order valence-corrected chi connectivity index (χ3v) is 8.01. The Labute approximate surface area is 267 Å². The first-order valence-corrected chi connectivity index (χ1v) is 14.6. The van der Waals surface area contributed by atoms with Gasteiger partial charge in [0.25, 0.3) is 0 Å². The molecule has 0 unspecified atom stereocenters. The Hall–Kier alpha value is -3.54. The van der Waals surface area contributed by atoms with Crippen LogP contribution in [0.4, 0.5) is 15.9 Å². The first-order chi connectivity index (χ1) is 20.3. The van der Waals surface area contributed by atoms with Crippen LogP contribution in [0.1, 0.15) is 46.1 Å². The molecule has 10 nitrogen and oxygen atoms in total. The average Bonchev–Trinajstić information content (AvgIpc) is 3.46. The van der Waals surface area contributed by atoms with Gasteiger partial charge in [0, 0.05) is 35.7 Å². The van der Waals surface area contributed by atoms with Crippen molar-refractivity contribution in [2.24, 2.45) is 5.41 Å². The lowest BCUT2D eigenvalue weighted by Gasteiger charge is -2.36. The molecule has 0 aliphatic carbocycles. The largest absolute Gasteiger partial charge is 0.496 e. The summed E-state index contributed by atoms with van der Waals surface area (Å²) in [6.45, 7) is 7.82. The molecule has 4 rings (SSSR count). The first kappa shape index (κ1) is 34.9. The van der Waals surface area contributed by atoms with Crippen LogP contribution in [0.5, 0.6) is 5.75 Å². The summed E-state index contributed by atoms with van der Waals surface area (Å²) in [4.78, 5) is 50.6. The van der Waals surface area contributed by atoms with Crippen molar-refractivity contribution < 1.29 is 23.5 Å². The number of aromatic nitrogens is 2. The van der Waals surface area contributed by atoms with Gasteiger partial charge in [0.05, 0.1) is 29.7 Å². The summed E-state index contributed by atoms with van der Waals surface area (Å²) in [6.07, 6.45) is 2.60. The Kier molecular flexibility index (Phi) is 11.5. The zero-order valence-corrected chi connectivity index (χ0v) is 27.2. The standard InChI is InChI=1S/C31H38ClFN6O4.ClH/c1-17(34-5)29(41)38-27(31(2,3)4)30(42)39-11-7-8-24(39)25(40)13-18-12-20-23(15-26(18)43-6)35-16-36-28(20)37-19-9-10-22(33)21(32)14-19;/h9-10,12,14-17,24,27,34H,7-8,11,13H2,1-6H3,(H,38,41)(H,35,36,37);1H/t17-,24-,27+;/m0./s1. The van der Waals surface area contributed by atoms with Gasteiger partial charge in [-0.1, -0.05) is 32.4 Å². The van der Waals surface area contributed by atoms with Crippen molar-refractivity contribution in [2.75, 3.05) is 26.0 Å². The van der Waals surface area contributed by atoms with E-state index in [0.717, 1.165) is 0 Å². The van der Waals surface area contributed by atoms with E-state index in [0.29, 0.717) is 53.1 Å². The normalized spacial score (nSPS) is 16.2. The second-order valence-electron chi connectivity index (χ2n) is 11.8. The van der Waals surface area contributed by atoms with Crippen molar-refractivity contribution in [3.63, 3.8) is 0 Å². The zero-order chi connectivity index (χ0) is 31.5. The Balaban J connectivity index is 0.00000529. The van der Waals surface area contributed by atoms with Crippen molar-refractivity contribution in [3.05, 3.63) is 53.1 Å². The highest BCUT2D eigenvalue weighted by Gasteiger charge is 2.42. The summed E-state index contributed by atoms with van der Waals surface area (Å²) in [7, 11) is 3.20. The lowest BCUT2D eigenvalue weighted by atomic mass is 9.85. The number of Topliss-reactive ketones (excluding diaryl/α,β-unsaturated/α-hetero) is 1. The number of ketones is 1. The maximum Gasteiger partial charge on any atom is 0.246 e. The minimum absolute atomic E-state index is 0. The molecule has 2 amide bonds. The van der Waals surface area contributed by atoms with Crippen LogP contribution in [-0.2, 0) is 20.8 Å². The van der Waals surface area contributed by atoms with Crippen molar-refractivity contribution in [1.29, 1.82) is 0 Å². The molecule has 13 heteroatoms. The van der Waals surface area contributed by atoms with Gasteiger partial charge in [0.1, 0.15) is 29.8 Å². The van der Waals surface area contributed by atoms with Gasteiger partial charge in [-0.25, -0.2) is 14.4 Å². The molecule has 44 heavy (non-hydrogen) atoms. The van der Waals surface area contributed by atoms with Gasteiger partial charge in [-0.15, -0.1) is 12.4 Å². The number of methoxy groups -OCH3 is 1. The molecule has 3 aromatic rings. The predicted octanol–water partition coefficient (Wildman–Crippen LogP) is 4.84. The van der Waals surface area contributed by atoms with Crippen LogP contribution >= 0.6 is 24.0 Å². The molecule has 1 aliphatic rings. The number of ether oxygens (including phenoxy) is 1. The average molecular weight is 650 g/mol. The highest BCUT2D eigenvalue weighted by atomic mass is 35.5. The third kappa shape index (κ3) is 7.75. The van der Waals surface area contributed by atoms with Gasteiger partial charge >= 0.3 is 0 Å². The summed E-state index contributed by atoms with van der Waals surface area (Å²) in [5, 5.41) is 9.52. The molecule has 2 aromatic carbocycles. The fourth-order valence-electron chi connectivity index (χ4n) is 5.15. The molecule has 0 bridgehead atoms. The van der Waals surface area contributed by atoms with Crippen molar-refractivity contribution >= 4 is 64.0 Å². The molecule has 1 saturated heterocycles. The smallest absolute Gasteiger partial charge is 0.246 e. The van der Waals surface area contributed by atoms with E-state index in [1.165, 1.54) is 25.6 Å². The number of benzene rings is 2. The fourth-order valence-corrected chi connectivity index (χ4v) is 5.33. The number of likely N-dealkylation sites (N-methyl/N-ethyl adjacent to an activating group) is 1. The molecule has 1 aliphatic heterocycles. The molecule has 3 atom stereocenters. The molecule has 238 valence electrons. The van der Waals surface area contributed by atoms with Crippen molar-refractivity contribution in [3.8, 4) is 5.75 Å². The van der Waals surface area contributed by atoms with E-state index >= 15 is 0 Å². The van der Waals surface area contributed by atoms with Gasteiger partial charge in [0.15, 0.2) is 5.78 Å². The van der Waals surface area contributed by atoms with Crippen molar-refractivity contribution in [2.45, 2.75) is 65.1 Å². The summed E-state index contributed by atoms with van der Waals surface area (Å²) < 4.78 is 19.3. The predicted molar refractivity (Wildman–Crippen MR) is 171 cm³/mol. The van der Waals surface area contributed by atoms with E-state index in [9.17, 15) is 18.8 Å². The van der Waals surface area contributed by atoms with E-state index in [1.54, 1.807) is 37.1 Å². The number of fused-ring (bicyclic) bond motifs is 1. The van der Waals surface area contributed by atoms with Crippen LogP contribution in [0.3, 0.4) is 0 Å². The summed E-state index contributed by atoms with van der Waals surface area (Å²) in [6, 6.07) is 5.86. The molecule has 1 aromatic heterocycles. The lowest BCUT2D eigenvalue weighted by molar-refractivity contribution is -0.143. The molecule has 0 spiro atoms. The monoisotopic (exact) mass is 648 g/mol. The topological polar surface area (TPSA) is 126 Å². The third-order valence-electron chi connectivity index (χ3n) is 7.72. The van der Waals surface area contributed by atoms with Crippen LogP contribution < -0.4 is 20.7 Å². The minimum Gasteiger partial charge on any atom is -0.496 e. The first-order valence-electron chi connectivity index (χ1n) is 14.2. The zero-order valence-electron chi connectivity index (χ0n) is 25.7. The van der Waals surface area contributed by atoms with Gasteiger partial charge in [-0.2, -0.15) is 0 Å². The van der Waals surface area contributed by atoms with Gasteiger partial charge in [0.2, 0.25) is 11.8 Å². The second kappa shape index (κ2) is 14.5. The number of nitrogens with zero attached hydrogens (tertiary/aromatic N) is 3. The van der Waals surface area contributed by atoms with Gasteiger partial charge in [-0.3, -0.25) is 14.4 Å². The number of hydrogen-bond acceptors (Lipinski definition) is 8. The Bertz CT molecular complexity index is 1530. The van der Waals surface area contributed by atoms with Crippen LogP contribution in [0.25, 0.3) is 10.9 Å². The minimum atomic E-state index is -0.801. The number of carbonyl (C=O) groups excluding carboxylic acids is 3. The number of anilines is 2. The molecular weight excluding hydrogens is 610 g/mol. The number of hydrogen-bond donors (Lipinski definition) is 3. The van der Waals surface area contributed by atoms with Crippen molar-refractivity contribution in [1.82, 2.24) is 25.5 Å². The maximum atomic E-state index is 13.8. The van der Waals surface area contributed by atoms with E-state index in [4.69, 9.17) is 16.3 Å². The molecule has 2 heterocycles. The molecular formula is C31H39Cl2FN6O4.